The maximum Gasteiger partial charge on any atom is 0.271 e. The summed E-state index contributed by atoms with van der Waals surface area (Å²) in [5, 5.41) is 3.64. The van der Waals surface area contributed by atoms with Crippen LogP contribution in [0.25, 0.3) is 0 Å². The van der Waals surface area contributed by atoms with E-state index in [-0.39, 0.29) is 17.7 Å². The van der Waals surface area contributed by atoms with Crippen molar-refractivity contribution in [1.82, 2.24) is 9.97 Å². The monoisotopic (exact) mass is 542 g/mol. The van der Waals surface area contributed by atoms with Crippen molar-refractivity contribution in [3.63, 3.8) is 0 Å². The normalized spacial score (nSPS) is 17.0. The number of nitrogens with zero attached hydrogens (tertiary/aromatic N) is 2. The minimum atomic E-state index is -0.210. The van der Waals surface area contributed by atoms with Crippen LogP contribution in [-0.4, -0.2) is 36.8 Å². The van der Waals surface area contributed by atoms with Crippen molar-refractivity contribution < 1.29 is 14.2 Å². The minimum Gasteiger partial charge on any atom is -0.495 e. The van der Waals surface area contributed by atoms with Crippen LogP contribution in [0.15, 0.2) is 87.8 Å². The van der Waals surface area contributed by atoms with Crippen molar-refractivity contribution in [3.8, 4) is 17.2 Å². The molecule has 1 saturated heterocycles. The summed E-state index contributed by atoms with van der Waals surface area (Å²) >= 11 is 1.69. The molecule has 0 radical (unpaired) electrons. The summed E-state index contributed by atoms with van der Waals surface area (Å²) in [6.07, 6.45) is 5.93. The van der Waals surface area contributed by atoms with Crippen LogP contribution >= 0.6 is 11.8 Å². The third-order valence-electron chi connectivity index (χ3n) is 7.06. The fourth-order valence-corrected chi connectivity index (χ4v) is 6.08. The third-order valence-corrected chi connectivity index (χ3v) is 8.14. The number of benzene rings is 2. The van der Waals surface area contributed by atoms with Gasteiger partial charge in [0.25, 0.3) is 5.56 Å². The highest BCUT2D eigenvalue weighted by atomic mass is 32.2. The van der Waals surface area contributed by atoms with Crippen molar-refractivity contribution in [2.75, 3.05) is 37.0 Å². The number of methoxy groups -OCH3 is 1. The van der Waals surface area contributed by atoms with Crippen LogP contribution in [0.5, 0.6) is 17.2 Å². The van der Waals surface area contributed by atoms with Crippen LogP contribution in [0.3, 0.4) is 0 Å². The van der Waals surface area contributed by atoms with Gasteiger partial charge in [0, 0.05) is 36.7 Å². The number of hydrogen-bond donors (Lipinski definition) is 2. The zero-order chi connectivity index (χ0) is 26.8. The predicted molar refractivity (Wildman–Crippen MR) is 152 cm³/mol. The van der Waals surface area contributed by atoms with Crippen molar-refractivity contribution in [2.45, 2.75) is 35.3 Å². The molecular weight excluding hydrogens is 512 g/mol. The molecule has 200 valence electrons. The van der Waals surface area contributed by atoms with E-state index in [0.29, 0.717) is 25.4 Å². The molecule has 2 atom stereocenters. The van der Waals surface area contributed by atoms with Crippen LogP contribution in [0, 0.1) is 0 Å². The number of para-hydroxylation sites is 1. The van der Waals surface area contributed by atoms with Gasteiger partial charge in [0.1, 0.15) is 29.0 Å². The number of hydrogen-bond acceptors (Lipinski definition) is 8. The Morgan fingerprint density at radius 1 is 1.18 bits per heavy atom. The Morgan fingerprint density at radius 3 is 2.95 bits per heavy atom. The van der Waals surface area contributed by atoms with Crippen LogP contribution < -0.4 is 25.2 Å². The lowest BCUT2D eigenvalue weighted by Gasteiger charge is -2.35. The molecule has 4 aromatic rings. The lowest BCUT2D eigenvalue weighted by Crippen LogP contribution is -2.41. The van der Waals surface area contributed by atoms with E-state index in [9.17, 15) is 4.79 Å². The molecule has 2 aliphatic heterocycles. The third kappa shape index (κ3) is 5.20. The van der Waals surface area contributed by atoms with Crippen molar-refractivity contribution in [3.05, 3.63) is 94.7 Å². The molecule has 0 spiro atoms. The number of aromatic nitrogens is 2. The summed E-state index contributed by atoms with van der Waals surface area (Å²) in [4.78, 5) is 23.6. The SMILES string of the molecule is CCC(Nc1ccc2c(c1)Sc1cccc(C3CN(c4ccc[nH]c4=O)CCO3)c1O2)c1cncc(OC)c1. The van der Waals surface area contributed by atoms with E-state index in [1.54, 1.807) is 31.3 Å². The Kier molecular flexibility index (Phi) is 7.17. The topological polar surface area (TPSA) is 88.7 Å². The van der Waals surface area contributed by atoms with Gasteiger partial charge in [-0.3, -0.25) is 9.78 Å². The molecule has 2 unspecified atom stereocenters. The number of morpholine rings is 1. The maximum atomic E-state index is 12.4. The number of ether oxygens (including phenoxy) is 3. The summed E-state index contributed by atoms with van der Waals surface area (Å²) in [6, 6.07) is 18.2. The van der Waals surface area contributed by atoms with Crippen LogP contribution in [0.1, 0.15) is 36.6 Å². The van der Waals surface area contributed by atoms with Gasteiger partial charge in [-0.1, -0.05) is 30.8 Å². The predicted octanol–water partition coefficient (Wildman–Crippen LogP) is 6.18. The second-order valence-corrected chi connectivity index (χ2v) is 10.6. The standard InChI is InChI=1S/C30H30N4O4S/c1-3-23(19-14-21(36-2)17-31-16-19)33-20-9-10-25-28(15-20)39-27-8-4-6-22(29(27)38-25)26-18-34(12-13-37-26)24-7-5-11-32-30(24)35/h4-11,14-17,23,26,33H,3,12-13,18H2,1-2H3,(H,32,35). The lowest BCUT2D eigenvalue weighted by atomic mass is 10.1. The number of anilines is 2. The Morgan fingerprint density at radius 2 is 2.10 bits per heavy atom. The second-order valence-electron chi connectivity index (χ2n) is 9.49. The second kappa shape index (κ2) is 11.0. The number of rotatable bonds is 7. The summed E-state index contributed by atoms with van der Waals surface area (Å²) < 4.78 is 18.0. The minimum absolute atomic E-state index is 0.0913. The molecule has 39 heavy (non-hydrogen) atoms. The molecule has 0 aliphatic carbocycles. The highest BCUT2D eigenvalue weighted by Gasteiger charge is 2.29. The van der Waals surface area contributed by atoms with E-state index < -0.39 is 0 Å². The number of fused-ring (bicyclic) bond motifs is 2. The van der Waals surface area contributed by atoms with Crippen LogP contribution in [0.4, 0.5) is 11.4 Å². The fraction of sp³-hybridized carbons (Fsp3) is 0.267. The lowest BCUT2D eigenvalue weighted by molar-refractivity contribution is 0.0382. The molecular formula is C30H30N4O4S. The van der Waals surface area contributed by atoms with Gasteiger partial charge < -0.3 is 29.4 Å². The molecule has 2 N–H and O–H groups in total. The molecule has 2 aliphatic rings. The highest BCUT2D eigenvalue weighted by molar-refractivity contribution is 7.99. The van der Waals surface area contributed by atoms with E-state index in [0.717, 1.165) is 50.3 Å². The molecule has 2 aromatic carbocycles. The van der Waals surface area contributed by atoms with Crippen molar-refractivity contribution in [2.24, 2.45) is 0 Å². The van der Waals surface area contributed by atoms with Gasteiger partial charge in [0.2, 0.25) is 0 Å². The smallest absolute Gasteiger partial charge is 0.271 e. The molecule has 6 rings (SSSR count). The van der Waals surface area contributed by atoms with Gasteiger partial charge in [-0.25, -0.2) is 0 Å². The summed E-state index contributed by atoms with van der Waals surface area (Å²) in [7, 11) is 1.65. The van der Waals surface area contributed by atoms with Crippen molar-refractivity contribution in [1.29, 1.82) is 0 Å². The van der Waals surface area contributed by atoms with Gasteiger partial charge in [-0.15, -0.1) is 0 Å². The fourth-order valence-electron chi connectivity index (χ4n) is 5.04. The first-order valence-electron chi connectivity index (χ1n) is 13.1. The molecule has 9 heteroatoms. The van der Waals surface area contributed by atoms with Gasteiger partial charge in [0.15, 0.2) is 0 Å². The van der Waals surface area contributed by atoms with E-state index in [4.69, 9.17) is 14.2 Å². The largest absolute Gasteiger partial charge is 0.495 e. The number of pyridine rings is 2. The molecule has 0 saturated carbocycles. The first kappa shape index (κ1) is 25.3. The molecule has 0 bridgehead atoms. The maximum absolute atomic E-state index is 12.4. The Labute approximate surface area is 231 Å². The first-order valence-corrected chi connectivity index (χ1v) is 13.9. The molecule has 2 aromatic heterocycles. The van der Waals surface area contributed by atoms with Gasteiger partial charge in [-0.05, 0) is 54.4 Å². The Bertz CT molecular complexity index is 1540. The zero-order valence-corrected chi connectivity index (χ0v) is 22.7. The Hall–Kier alpha value is -3.95. The Balaban J connectivity index is 1.22. The summed E-state index contributed by atoms with van der Waals surface area (Å²) in [5.41, 5.74) is 3.64. The molecule has 1 fully saturated rings. The summed E-state index contributed by atoms with van der Waals surface area (Å²) in [5.74, 6) is 2.38. The van der Waals surface area contributed by atoms with E-state index in [1.165, 1.54) is 0 Å². The van der Waals surface area contributed by atoms with E-state index in [2.05, 4.69) is 45.3 Å². The quantitative estimate of drug-likeness (QED) is 0.252. The average molecular weight is 543 g/mol. The molecule has 8 nitrogen and oxygen atoms in total. The highest BCUT2D eigenvalue weighted by Crippen LogP contribution is 2.51. The summed E-state index contributed by atoms with van der Waals surface area (Å²) in [6.45, 7) is 3.92. The van der Waals surface area contributed by atoms with Gasteiger partial charge in [-0.2, -0.15) is 0 Å². The number of H-pyrrole nitrogens is 1. The van der Waals surface area contributed by atoms with E-state index in [1.807, 2.05) is 42.6 Å². The van der Waals surface area contributed by atoms with Crippen molar-refractivity contribution >= 4 is 23.1 Å². The average Bonchev–Trinajstić information content (AvgIpc) is 2.98. The molecule has 4 heterocycles. The van der Waals surface area contributed by atoms with E-state index >= 15 is 0 Å². The number of nitrogens with one attached hydrogen (secondary N) is 2. The molecule has 0 amide bonds. The zero-order valence-electron chi connectivity index (χ0n) is 21.8. The number of aromatic amines is 1. The van der Waals surface area contributed by atoms with Gasteiger partial charge in [0.05, 0.1) is 35.7 Å². The van der Waals surface area contributed by atoms with Crippen LogP contribution in [-0.2, 0) is 4.74 Å². The van der Waals surface area contributed by atoms with Gasteiger partial charge >= 0.3 is 0 Å². The van der Waals surface area contributed by atoms with Crippen LogP contribution in [0.2, 0.25) is 0 Å². The first-order chi connectivity index (χ1) is 19.1.